The second kappa shape index (κ2) is 9.95. The van der Waals surface area contributed by atoms with Crippen LogP contribution in [0.1, 0.15) is 44.2 Å². The van der Waals surface area contributed by atoms with Gasteiger partial charge in [0, 0.05) is 50.8 Å². The Balaban J connectivity index is 1.08. The van der Waals surface area contributed by atoms with E-state index in [1.54, 1.807) is 6.20 Å². The number of hydroxylamine groups is 1. The summed E-state index contributed by atoms with van der Waals surface area (Å²) in [4.78, 5) is 39.6. The molecule has 1 amide bonds. The van der Waals surface area contributed by atoms with E-state index >= 15 is 0 Å². The molecule has 0 spiro atoms. The number of hydrogen-bond acceptors (Lipinski definition) is 7. The molecule has 0 radical (unpaired) electrons. The van der Waals surface area contributed by atoms with Crippen molar-refractivity contribution in [3.63, 3.8) is 0 Å². The van der Waals surface area contributed by atoms with Crippen molar-refractivity contribution in [2.24, 2.45) is 0 Å². The summed E-state index contributed by atoms with van der Waals surface area (Å²) in [5.41, 5.74) is 2.37. The molecule has 0 atom stereocenters. The van der Waals surface area contributed by atoms with Gasteiger partial charge in [-0.2, -0.15) is 5.06 Å². The Kier molecular flexibility index (Phi) is 6.75. The molecular formula is C27H34N4O4. The first-order valence-corrected chi connectivity index (χ1v) is 12.6. The standard InChI is InChI=1S/C27H34N4O4/c1-27(2)23(32)19-21-7-5-9-22(25(21)35-27)30-16-14-29(15-17-30)13-3-4-18-34-31-24(33)11-10-20-8-6-12-28-26(20)31/h5-9,12H,3-4,10-11,13-19H2,1-2H3. The number of piperazine rings is 1. The minimum Gasteiger partial charge on any atom is -0.478 e. The van der Waals surface area contributed by atoms with Crippen molar-refractivity contribution >= 4 is 23.2 Å². The molecule has 8 nitrogen and oxygen atoms in total. The molecule has 1 aromatic heterocycles. The van der Waals surface area contributed by atoms with E-state index in [0.717, 1.165) is 74.6 Å². The summed E-state index contributed by atoms with van der Waals surface area (Å²) in [6.45, 7) is 9.03. The van der Waals surface area contributed by atoms with Crippen molar-refractivity contribution in [1.29, 1.82) is 0 Å². The molecule has 8 heteroatoms. The quantitative estimate of drug-likeness (QED) is 0.566. The highest BCUT2D eigenvalue weighted by Crippen LogP contribution is 2.39. The number of aromatic nitrogens is 1. The molecule has 1 aromatic carbocycles. The predicted molar refractivity (Wildman–Crippen MR) is 134 cm³/mol. The molecule has 0 bridgehead atoms. The number of benzene rings is 1. The topological polar surface area (TPSA) is 75.2 Å². The number of Topliss-reactive ketones (excluding diaryl/α,β-unsaturated/α-hetero) is 1. The third kappa shape index (κ3) is 5.04. The molecule has 1 fully saturated rings. The number of hydrogen-bond donors (Lipinski definition) is 0. The maximum Gasteiger partial charge on any atom is 0.252 e. The first-order chi connectivity index (χ1) is 16.9. The first kappa shape index (κ1) is 23.8. The molecule has 0 saturated carbocycles. The smallest absolute Gasteiger partial charge is 0.252 e. The van der Waals surface area contributed by atoms with Crippen LogP contribution in [0.2, 0.25) is 0 Å². The predicted octanol–water partition coefficient (Wildman–Crippen LogP) is 3.18. The second-order valence-electron chi connectivity index (χ2n) is 10.0. The molecule has 186 valence electrons. The van der Waals surface area contributed by atoms with Gasteiger partial charge < -0.3 is 9.64 Å². The van der Waals surface area contributed by atoms with Crippen LogP contribution < -0.4 is 14.7 Å². The van der Waals surface area contributed by atoms with Gasteiger partial charge in [-0.3, -0.25) is 19.3 Å². The lowest BCUT2D eigenvalue weighted by Crippen LogP contribution is -2.48. The third-order valence-corrected chi connectivity index (χ3v) is 7.15. The van der Waals surface area contributed by atoms with Crippen LogP contribution in [-0.4, -0.2) is 66.5 Å². The Bertz CT molecular complexity index is 1090. The summed E-state index contributed by atoms with van der Waals surface area (Å²) in [5, 5.41) is 1.38. The molecule has 2 aromatic rings. The Labute approximate surface area is 206 Å². The maximum atomic E-state index is 12.3. The number of ether oxygens (including phenoxy) is 1. The number of nitrogens with zero attached hydrogens (tertiary/aromatic N) is 4. The van der Waals surface area contributed by atoms with Crippen molar-refractivity contribution in [3.8, 4) is 5.75 Å². The summed E-state index contributed by atoms with van der Waals surface area (Å²) in [6, 6.07) is 10.0. The highest BCUT2D eigenvalue weighted by atomic mass is 16.7. The van der Waals surface area contributed by atoms with Gasteiger partial charge in [0.25, 0.3) is 5.91 Å². The van der Waals surface area contributed by atoms with Crippen molar-refractivity contribution in [2.45, 2.75) is 51.6 Å². The SMILES string of the molecule is CC1(C)Oc2c(cccc2N2CCN(CCCCON3C(=O)CCc4cccnc43)CC2)CC1=O. The number of unbranched alkanes of at least 4 members (excludes halogenated alkanes) is 1. The van der Waals surface area contributed by atoms with Crippen LogP contribution in [0, 0.1) is 0 Å². The minimum atomic E-state index is -0.774. The number of fused-ring (bicyclic) bond motifs is 2. The number of carbonyl (C=O) groups excluding carboxylic acids is 2. The Hall–Kier alpha value is -2.97. The third-order valence-electron chi connectivity index (χ3n) is 7.15. The fourth-order valence-corrected chi connectivity index (χ4v) is 4.98. The van der Waals surface area contributed by atoms with Gasteiger partial charge in [0.05, 0.1) is 12.3 Å². The van der Waals surface area contributed by atoms with Crippen LogP contribution in [-0.2, 0) is 27.3 Å². The minimum absolute atomic E-state index is 0.0212. The summed E-state index contributed by atoms with van der Waals surface area (Å²) < 4.78 is 6.16. The molecule has 3 aliphatic rings. The van der Waals surface area contributed by atoms with Crippen LogP contribution in [0.25, 0.3) is 0 Å². The summed E-state index contributed by atoms with van der Waals surface area (Å²) in [7, 11) is 0. The monoisotopic (exact) mass is 478 g/mol. The van der Waals surface area contributed by atoms with E-state index in [2.05, 4.69) is 20.9 Å². The van der Waals surface area contributed by atoms with E-state index < -0.39 is 5.60 Å². The Morgan fingerprint density at radius 2 is 1.80 bits per heavy atom. The zero-order chi connectivity index (χ0) is 24.4. The molecule has 5 rings (SSSR count). The van der Waals surface area contributed by atoms with Crippen molar-refractivity contribution in [2.75, 3.05) is 49.3 Å². The van der Waals surface area contributed by atoms with Gasteiger partial charge in [-0.1, -0.05) is 18.2 Å². The number of para-hydroxylation sites is 1. The number of carbonyl (C=O) groups is 2. The number of aryl methyl sites for hydroxylation is 1. The lowest BCUT2D eigenvalue weighted by atomic mass is 9.92. The van der Waals surface area contributed by atoms with E-state index in [0.29, 0.717) is 25.3 Å². The average Bonchev–Trinajstić information content (AvgIpc) is 2.86. The zero-order valence-electron chi connectivity index (χ0n) is 20.7. The first-order valence-electron chi connectivity index (χ1n) is 12.6. The van der Waals surface area contributed by atoms with Gasteiger partial charge >= 0.3 is 0 Å². The van der Waals surface area contributed by atoms with Gasteiger partial charge in [-0.25, -0.2) is 4.98 Å². The number of rotatable bonds is 7. The van der Waals surface area contributed by atoms with Gasteiger partial charge in [0.2, 0.25) is 0 Å². The van der Waals surface area contributed by atoms with Crippen molar-refractivity contribution in [3.05, 3.63) is 47.7 Å². The normalized spacial score (nSPS) is 19.8. The van der Waals surface area contributed by atoms with Gasteiger partial charge in [-0.05, 0) is 57.4 Å². The Morgan fingerprint density at radius 1 is 1.00 bits per heavy atom. The van der Waals surface area contributed by atoms with Crippen LogP contribution in [0.5, 0.6) is 5.75 Å². The zero-order valence-corrected chi connectivity index (χ0v) is 20.7. The van der Waals surface area contributed by atoms with E-state index in [1.165, 1.54) is 5.06 Å². The van der Waals surface area contributed by atoms with E-state index in [9.17, 15) is 9.59 Å². The molecule has 3 aliphatic heterocycles. The van der Waals surface area contributed by atoms with Crippen LogP contribution in [0.4, 0.5) is 11.5 Å². The highest BCUT2D eigenvalue weighted by molar-refractivity contribution is 5.93. The molecule has 35 heavy (non-hydrogen) atoms. The highest BCUT2D eigenvalue weighted by Gasteiger charge is 2.37. The summed E-state index contributed by atoms with van der Waals surface area (Å²) in [5.74, 6) is 1.61. The number of anilines is 2. The number of ketones is 1. The largest absolute Gasteiger partial charge is 0.478 e. The van der Waals surface area contributed by atoms with Crippen molar-refractivity contribution in [1.82, 2.24) is 9.88 Å². The van der Waals surface area contributed by atoms with Gasteiger partial charge in [-0.15, -0.1) is 0 Å². The maximum absolute atomic E-state index is 12.3. The molecule has 0 unspecified atom stereocenters. The van der Waals surface area contributed by atoms with Crippen LogP contribution >= 0.6 is 0 Å². The fourth-order valence-electron chi connectivity index (χ4n) is 4.98. The number of pyridine rings is 1. The lowest BCUT2D eigenvalue weighted by Gasteiger charge is -2.39. The second-order valence-corrected chi connectivity index (χ2v) is 10.0. The van der Waals surface area contributed by atoms with Crippen LogP contribution in [0.3, 0.4) is 0 Å². The molecule has 0 aliphatic carbocycles. The van der Waals surface area contributed by atoms with Gasteiger partial charge in [0.1, 0.15) is 5.75 Å². The van der Waals surface area contributed by atoms with E-state index in [4.69, 9.17) is 9.57 Å². The summed E-state index contributed by atoms with van der Waals surface area (Å²) in [6.07, 6.45) is 5.22. The molecular weight excluding hydrogens is 444 g/mol. The van der Waals surface area contributed by atoms with Crippen molar-refractivity contribution < 1.29 is 19.2 Å². The summed E-state index contributed by atoms with van der Waals surface area (Å²) >= 11 is 0. The Morgan fingerprint density at radius 3 is 2.63 bits per heavy atom. The molecule has 0 N–H and O–H groups in total. The van der Waals surface area contributed by atoms with E-state index in [-0.39, 0.29) is 11.7 Å². The lowest BCUT2D eigenvalue weighted by molar-refractivity contribution is -0.132. The van der Waals surface area contributed by atoms with Crippen LogP contribution in [0.15, 0.2) is 36.5 Å². The molecule has 4 heterocycles. The number of amides is 1. The fraction of sp³-hybridized carbons (Fsp3) is 0.519. The average molecular weight is 479 g/mol. The molecule has 1 saturated heterocycles. The van der Waals surface area contributed by atoms with E-state index in [1.807, 2.05) is 38.1 Å². The van der Waals surface area contributed by atoms with Gasteiger partial charge in [0.15, 0.2) is 17.2 Å².